The highest BCUT2D eigenvalue weighted by molar-refractivity contribution is 6.32. The zero-order valence-electron chi connectivity index (χ0n) is 14.7. The molecule has 25 heavy (non-hydrogen) atoms. The maximum Gasteiger partial charge on any atom is 0.314 e. The van der Waals surface area contributed by atoms with Crippen molar-refractivity contribution in [1.82, 2.24) is 0 Å². The van der Waals surface area contributed by atoms with E-state index in [2.05, 4.69) is 6.92 Å². The summed E-state index contributed by atoms with van der Waals surface area (Å²) in [6.45, 7) is 2.22. The second-order valence-corrected chi connectivity index (χ2v) is 7.35. The van der Waals surface area contributed by atoms with Crippen molar-refractivity contribution in [3.8, 4) is 16.9 Å². The molecule has 0 unspecified atom stereocenters. The zero-order valence-corrected chi connectivity index (χ0v) is 15.5. The third kappa shape index (κ3) is 4.64. The molecule has 0 bridgehead atoms. The van der Waals surface area contributed by atoms with Gasteiger partial charge in [0.15, 0.2) is 0 Å². The zero-order chi connectivity index (χ0) is 17.6. The average Bonchev–Trinajstić information content (AvgIpc) is 2.65. The number of benzene rings is 2. The molecule has 0 spiro atoms. The Morgan fingerprint density at radius 1 is 1.04 bits per heavy atom. The molecule has 3 rings (SSSR count). The molecule has 0 amide bonds. The van der Waals surface area contributed by atoms with Crippen LogP contribution in [0, 0.1) is 11.8 Å². The molecule has 2 aromatic rings. The summed E-state index contributed by atoms with van der Waals surface area (Å²) >= 11 is 6.35. The number of rotatable bonds is 5. The molecule has 0 aromatic heterocycles. The van der Waals surface area contributed by atoms with Crippen molar-refractivity contribution >= 4 is 17.6 Å². The van der Waals surface area contributed by atoms with Gasteiger partial charge in [-0.05, 0) is 54.9 Å². The fourth-order valence-electron chi connectivity index (χ4n) is 3.68. The molecule has 0 aliphatic heterocycles. The van der Waals surface area contributed by atoms with Crippen molar-refractivity contribution < 1.29 is 9.53 Å². The van der Waals surface area contributed by atoms with Gasteiger partial charge in [0.1, 0.15) is 5.75 Å². The molecule has 132 valence electrons. The minimum atomic E-state index is -0.135. The predicted molar refractivity (Wildman–Crippen MR) is 103 cm³/mol. The summed E-state index contributed by atoms with van der Waals surface area (Å²) < 4.78 is 5.60. The SMILES string of the molecule is CCC[C@H]1CC[C@H](C(=O)Oc2ccc(-c3ccccc3)cc2Cl)CC1. The number of halogens is 1. The van der Waals surface area contributed by atoms with Gasteiger partial charge in [0.05, 0.1) is 10.9 Å². The van der Waals surface area contributed by atoms with Crippen molar-refractivity contribution in [3.63, 3.8) is 0 Å². The molecule has 1 saturated carbocycles. The van der Waals surface area contributed by atoms with Crippen LogP contribution in [-0.4, -0.2) is 5.97 Å². The smallest absolute Gasteiger partial charge is 0.314 e. The van der Waals surface area contributed by atoms with Gasteiger partial charge >= 0.3 is 5.97 Å². The summed E-state index contributed by atoms with van der Waals surface area (Å²) in [6, 6.07) is 15.6. The molecule has 0 heterocycles. The van der Waals surface area contributed by atoms with E-state index in [9.17, 15) is 4.79 Å². The summed E-state index contributed by atoms with van der Waals surface area (Å²) in [5.41, 5.74) is 2.11. The van der Waals surface area contributed by atoms with E-state index in [0.29, 0.717) is 10.8 Å². The molecular weight excluding hydrogens is 332 g/mol. The fourth-order valence-corrected chi connectivity index (χ4v) is 3.90. The number of hydrogen-bond acceptors (Lipinski definition) is 2. The second-order valence-electron chi connectivity index (χ2n) is 6.94. The van der Waals surface area contributed by atoms with Gasteiger partial charge in [0.2, 0.25) is 0 Å². The Bertz CT molecular complexity index is 703. The van der Waals surface area contributed by atoms with Crippen LogP contribution in [0.4, 0.5) is 0 Å². The molecule has 1 aliphatic rings. The highest BCUT2D eigenvalue weighted by Gasteiger charge is 2.27. The lowest BCUT2D eigenvalue weighted by atomic mass is 9.80. The minimum Gasteiger partial charge on any atom is -0.425 e. The number of carbonyl (C=O) groups excluding carboxylic acids is 1. The lowest BCUT2D eigenvalue weighted by molar-refractivity contribution is -0.140. The molecule has 0 saturated heterocycles. The van der Waals surface area contributed by atoms with Crippen molar-refractivity contribution in [1.29, 1.82) is 0 Å². The first kappa shape index (κ1) is 18.0. The molecule has 2 nitrogen and oxygen atoms in total. The Hall–Kier alpha value is -1.80. The topological polar surface area (TPSA) is 26.3 Å². The van der Waals surface area contributed by atoms with Gasteiger partial charge in [0.25, 0.3) is 0 Å². The standard InChI is InChI=1S/C22H25ClO2/c1-2-6-16-9-11-18(12-10-16)22(24)25-21-14-13-19(15-20(21)23)17-7-4-3-5-8-17/h3-5,7-8,13-16,18H,2,6,9-12H2,1H3/t16-,18-. The second kappa shape index (κ2) is 8.53. The Morgan fingerprint density at radius 2 is 1.76 bits per heavy atom. The maximum absolute atomic E-state index is 12.5. The molecule has 1 fully saturated rings. The van der Waals surface area contributed by atoms with E-state index in [-0.39, 0.29) is 11.9 Å². The van der Waals surface area contributed by atoms with Crippen LogP contribution in [0.2, 0.25) is 5.02 Å². The van der Waals surface area contributed by atoms with E-state index in [0.717, 1.165) is 42.7 Å². The largest absolute Gasteiger partial charge is 0.425 e. The van der Waals surface area contributed by atoms with E-state index < -0.39 is 0 Å². The first-order chi connectivity index (χ1) is 12.2. The van der Waals surface area contributed by atoms with Crippen LogP contribution in [0.5, 0.6) is 5.75 Å². The number of esters is 1. The number of ether oxygens (including phenoxy) is 1. The van der Waals surface area contributed by atoms with Gasteiger partial charge < -0.3 is 4.74 Å². The van der Waals surface area contributed by atoms with Gasteiger partial charge in [0, 0.05) is 0 Å². The molecule has 0 radical (unpaired) electrons. The summed E-state index contributed by atoms with van der Waals surface area (Å²) in [5, 5.41) is 0.481. The van der Waals surface area contributed by atoms with Crippen LogP contribution in [-0.2, 0) is 4.79 Å². The third-order valence-electron chi connectivity index (χ3n) is 5.13. The quantitative estimate of drug-likeness (QED) is 0.450. The molecule has 3 heteroatoms. The van der Waals surface area contributed by atoms with Crippen molar-refractivity contribution in [3.05, 3.63) is 53.6 Å². The minimum absolute atomic E-state index is 0.0120. The Labute approximate surface area is 155 Å². The van der Waals surface area contributed by atoms with Crippen LogP contribution < -0.4 is 4.74 Å². The van der Waals surface area contributed by atoms with Gasteiger partial charge in [-0.3, -0.25) is 4.79 Å². The lowest BCUT2D eigenvalue weighted by Gasteiger charge is -2.27. The third-order valence-corrected chi connectivity index (χ3v) is 5.42. The molecule has 0 atom stereocenters. The Morgan fingerprint density at radius 3 is 2.40 bits per heavy atom. The van der Waals surface area contributed by atoms with Gasteiger partial charge in [-0.1, -0.05) is 67.8 Å². The van der Waals surface area contributed by atoms with E-state index in [1.165, 1.54) is 12.8 Å². The normalized spacial score (nSPS) is 20.2. The summed E-state index contributed by atoms with van der Waals surface area (Å²) in [4.78, 5) is 12.5. The average molecular weight is 357 g/mol. The summed E-state index contributed by atoms with van der Waals surface area (Å²) in [5.74, 6) is 1.12. The number of carbonyl (C=O) groups is 1. The van der Waals surface area contributed by atoms with E-state index in [4.69, 9.17) is 16.3 Å². The molecule has 1 aliphatic carbocycles. The highest BCUT2D eigenvalue weighted by atomic mass is 35.5. The monoisotopic (exact) mass is 356 g/mol. The lowest BCUT2D eigenvalue weighted by Crippen LogP contribution is -2.25. The van der Waals surface area contributed by atoms with Gasteiger partial charge in [-0.15, -0.1) is 0 Å². The molecule has 0 N–H and O–H groups in total. The van der Waals surface area contributed by atoms with Crippen LogP contribution in [0.25, 0.3) is 11.1 Å². The molecule has 2 aromatic carbocycles. The van der Waals surface area contributed by atoms with E-state index >= 15 is 0 Å². The van der Waals surface area contributed by atoms with Crippen LogP contribution in [0.3, 0.4) is 0 Å². The Balaban J connectivity index is 1.62. The van der Waals surface area contributed by atoms with Crippen molar-refractivity contribution in [2.24, 2.45) is 11.8 Å². The highest BCUT2D eigenvalue weighted by Crippen LogP contribution is 2.34. The van der Waals surface area contributed by atoms with Gasteiger partial charge in [-0.2, -0.15) is 0 Å². The number of hydrogen-bond donors (Lipinski definition) is 0. The predicted octanol–water partition coefficient (Wildman–Crippen LogP) is 6.52. The summed E-state index contributed by atoms with van der Waals surface area (Å²) in [7, 11) is 0. The van der Waals surface area contributed by atoms with Crippen molar-refractivity contribution in [2.75, 3.05) is 0 Å². The first-order valence-electron chi connectivity index (χ1n) is 9.24. The van der Waals surface area contributed by atoms with Crippen molar-refractivity contribution in [2.45, 2.75) is 45.4 Å². The van der Waals surface area contributed by atoms with E-state index in [1.807, 2.05) is 42.5 Å². The van der Waals surface area contributed by atoms with Crippen LogP contribution >= 0.6 is 11.6 Å². The maximum atomic E-state index is 12.5. The first-order valence-corrected chi connectivity index (χ1v) is 9.62. The fraction of sp³-hybridized carbons (Fsp3) is 0.409. The van der Waals surface area contributed by atoms with Gasteiger partial charge in [-0.25, -0.2) is 0 Å². The Kier molecular flexibility index (Phi) is 6.14. The summed E-state index contributed by atoms with van der Waals surface area (Å²) in [6.07, 6.45) is 6.63. The molecular formula is C22H25ClO2. The van der Waals surface area contributed by atoms with Crippen LogP contribution in [0.15, 0.2) is 48.5 Å². The van der Waals surface area contributed by atoms with E-state index in [1.54, 1.807) is 6.07 Å². The van der Waals surface area contributed by atoms with Crippen LogP contribution in [0.1, 0.15) is 45.4 Å².